The fraction of sp³-hybridized carbons (Fsp3) is 0.200. The molecule has 0 N–H and O–H groups in total. The number of hydrogen-bond donors (Lipinski definition) is 0. The molecule has 0 aliphatic heterocycles. The highest BCUT2D eigenvalue weighted by atomic mass is 35.5. The molecule has 0 spiro atoms. The van der Waals surface area contributed by atoms with Crippen molar-refractivity contribution in [3.63, 3.8) is 0 Å². The van der Waals surface area contributed by atoms with Gasteiger partial charge >= 0.3 is 5.97 Å². The summed E-state index contributed by atoms with van der Waals surface area (Å²) in [6, 6.07) is 3.00. The minimum atomic E-state index is -0.529. The number of halogens is 1. The van der Waals surface area contributed by atoms with E-state index in [0.717, 1.165) is 0 Å². The van der Waals surface area contributed by atoms with Crippen molar-refractivity contribution in [3.05, 3.63) is 22.7 Å². The molecule has 0 aliphatic rings. The van der Waals surface area contributed by atoms with Gasteiger partial charge in [0.2, 0.25) is 0 Å². The van der Waals surface area contributed by atoms with Crippen LogP contribution in [0.5, 0.6) is 11.5 Å². The van der Waals surface area contributed by atoms with Crippen LogP contribution in [0.2, 0.25) is 5.02 Å². The van der Waals surface area contributed by atoms with Gasteiger partial charge in [-0.2, -0.15) is 0 Å². The first kappa shape index (κ1) is 11.5. The summed E-state index contributed by atoms with van der Waals surface area (Å²) in [5.74, 6) is -0.157. The number of carbonyl (C=O) groups excluding carboxylic acids is 2. The van der Waals surface area contributed by atoms with Crippen LogP contribution >= 0.6 is 11.6 Å². The zero-order valence-corrected chi connectivity index (χ0v) is 9.00. The van der Waals surface area contributed by atoms with Crippen molar-refractivity contribution < 1.29 is 19.1 Å². The second-order valence-electron chi connectivity index (χ2n) is 2.71. The van der Waals surface area contributed by atoms with Gasteiger partial charge in [0.1, 0.15) is 0 Å². The summed E-state index contributed by atoms with van der Waals surface area (Å²) in [5, 5.41) is 0.0690. The highest BCUT2D eigenvalue weighted by Gasteiger charge is 2.15. The van der Waals surface area contributed by atoms with Crippen LogP contribution in [0, 0.1) is 0 Å². The number of ether oxygens (including phenoxy) is 2. The fourth-order valence-corrected chi connectivity index (χ4v) is 1.28. The summed E-state index contributed by atoms with van der Waals surface area (Å²) < 4.78 is 9.80. The normalized spacial score (nSPS) is 9.53. The minimum absolute atomic E-state index is 0.0660. The van der Waals surface area contributed by atoms with Crippen LogP contribution in [-0.4, -0.2) is 19.4 Å². The number of rotatable bonds is 3. The summed E-state index contributed by atoms with van der Waals surface area (Å²) in [6.45, 7) is 1.24. The molecule has 15 heavy (non-hydrogen) atoms. The maximum atomic E-state index is 10.8. The van der Waals surface area contributed by atoms with Crippen molar-refractivity contribution in [2.24, 2.45) is 0 Å². The molecule has 1 aromatic carbocycles. The third-order valence-electron chi connectivity index (χ3n) is 1.68. The molecule has 1 aromatic rings. The molecule has 0 aromatic heterocycles. The van der Waals surface area contributed by atoms with E-state index in [2.05, 4.69) is 0 Å². The highest BCUT2D eigenvalue weighted by Crippen LogP contribution is 2.36. The summed E-state index contributed by atoms with van der Waals surface area (Å²) in [5.41, 5.74) is 0.244. The third-order valence-corrected chi connectivity index (χ3v) is 2.07. The summed E-state index contributed by atoms with van der Waals surface area (Å²) >= 11 is 5.85. The first-order valence-electron chi connectivity index (χ1n) is 4.10. The lowest BCUT2D eigenvalue weighted by Gasteiger charge is -2.10. The molecule has 0 amide bonds. The van der Waals surface area contributed by atoms with E-state index in [0.29, 0.717) is 12.0 Å². The van der Waals surface area contributed by atoms with Crippen molar-refractivity contribution in [1.29, 1.82) is 0 Å². The maximum Gasteiger partial charge on any atom is 0.308 e. The molecule has 80 valence electrons. The quantitative estimate of drug-likeness (QED) is 0.452. The second kappa shape index (κ2) is 4.79. The molecule has 0 saturated heterocycles. The van der Waals surface area contributed by atoms with Crippen LogP contribution in [0.3, 0.4) is 0 Å². The Morgan fingerprint density at radius 3 is 2.60 bits per heavy atom. The van der Waals surface area contributed by atoms with E-state index in [4.69, 9.17) is 21.1 Å². The van der Waals surface area contributed by atoms with Gasteiger partial charge in [-0.3, -0.25) is 9.59 Å². The van der Waals surface area contributed by atoms with Gasteiger partial charge in [-0.05, 0) is 12.1 Å². The third kappa shape index (κ3) is 2.47. The average molecular weight is 229 g/mol. The molecule has 0 atom stereocenters. The van der Waals surface area contributed by atoms with E-state index in [1.165, 1.54) is 26.2 Å². The van der Waals surface area contributed by atoms with Gasteiger partial charge in [0.15, 0.2) is 17.8 Å². The maximum absolute atomic E-state index is 10.8. The topological polar surface area (TPSA) is 52.6 Å². The largest absolute Gasteiger partial charge is 0.493 e. The fourth-order valence-electron chi connectivity index (χ4n) is 1.04. The molecule has 0 aliphatic carbocycles. The number of hydrogen-bond acceptors (Lipinski definition) is 4. The SMILES string of the molecule is COc1ccc(C=O)c(Cl)c1OC(C)=O. The van der Waals surface area contributed by atoms with Crippen LogP contribution in [0.4, 0.5) is 0 Å². The summed E-state index contributed by atoms with van der Waals surface area (Å²) in [7, 11) is 1.42. The monoisotopic (exact) mass is 228 g/mol. The molecule has 0 heterocycles. The number of benzene rings is 1. The molecule has 5 heteroatoms. The molecule has 0 fully saturated rings. The Morgan fingerprint density at radius 1 is 1.47 bits per heavy atom. The molecular weight excluding hydrogens is 220 g/mol. The highest BCUT2D eigenvalue weighted by molar-refractivity contribution is 6.34. The summed E-state index contributed by atoms with van der Waals surface area (Å²) in [6.07, 6.45) is 0.578. The Balaban J connectivity index is 3.28. The number of esters is 1. The lowest BCUT2D eigenvalue weighted by molar-refractivity contribution is -0.132. The van der Waals surface area contributed by atoms with E-state index in [1.54, 1.807) is 0 Å². The zero-order valence-electron chi connectivity index (χ0n) is 8.24. The predicted molar refractivity (Wildman–Crippen MR) is 54.7 cm³/mol. The predicted octanol–water partition coefficient (Wildman–Crippen LogP) is 2.09. The molecule has 0 saturated carbocycles. The Morgan fingerprint density at radius 2 is 2.13 bits per heavy atom. The second-order valence-corrected chi connectivity index (χ2v) is 3.09. The van der Waals surface area contributed by atoms with Gasteiger partial charge in [0.25, 0.3) is 0 Å². The lowest BCUT2D eigenvalue weighted by Crippen LogP contribution is -2.04. The van der Waals surface area contributed by atoms with Gasteiger partial charge in [0.05, 0.1) is 12.1 Å². The lowest BCUT2D eigenvalue weighted by atomic mass is 10.2. The molecule has 1 rings (SSSR count). The van der Waals surface area contributed by atoms with E-state index in [1.807, 2.05) is 0 Å². The van der Waals surface area contributed by atoms with Crippen molar-refractivity contribution in [2.75, 3.05) is 7.11 Å². The smallest absolute Gasteiger partial charge is 0.308 e. The van der Waals surface area contributed by atoms with Crippen LogP contribution in [0.15, 0.2) is 12.1 Å². The molecular formula is C10H9ClO4. The van der Waals surface area contributed by atoms with E-state index >= 15 is 0 Å². The van der Waals surface area contributed by atoms with Gasteiger partial charge in [-0.1, -0.05) is 11.6 Å². The van der Waals surface area contributed by atoms with Crippen LogP contribution in [-0.2, 0) is 4.79 Å². The first-order valence-corrected chi connectivity index (χ1v) is 4.48. The standard InChI is InChI=1S/C10H9ClO4/c1-6(13)15-10-8(14-2)4-3-7(5-12)9(10)11/h3-5H,1-2H3. The van der Waals surface area contributed by atoms with Gasteiger partial charge in [-0.25, -0.2) is 0 Å². The molecule has 0 unspecified atom stereocenters. The van der Waals surface area contributed by atoms with Crippen LogP contribution < -0.4 is 9.47 Å². The Bertz CT molecular complexity index is 401. The van der Waals surface area contributed by atoms with Crippen molar-refractivity contribution >= 4 is 23.9 Å². The zero-order chi connectivity index (χ0) is 11.4. The Kier molecular flexibility index (Phi) is 3.68. The number of carbonyl (C=O) groups is 2. The molecule has 4 nitrogen and oxygen atoms in total. The first-order chi connectivity index (χ1) is 7.10. The van der Waals surface area contributed by atoms with Gasteiger partial charge in [0, 0.05) is 12.5 Å². The number of methoxy groups -OCH3 is 1. The summed E-state index contributed by atoms with van der Waals surface area (Å²) in [4.78, 5) is 21.4. The number of aldehydes is 1. The molecule has 0 bridgehead atoms. The molecule has 0 radical (unpaired) electrons. The van der Waals surface area contributed by atoms with Crippen LogP contribution in [0.25, 0.3) is 0 Å². The van der Waals surface area contributed by atoms with E-state index < -0.39 is 5.97 Å². The minimum Gasteiger partial charge on any atom is -0.493 e. The van der Waals surface area contributed by atoms with Gasteiger partial charge < -0.3 is 9.47 Å². The van der Waals surface area contributed by atoms with Crippen molar-refractivity contribution in [2.45, 2.75) is 6.92 Å². The van der Waals surface area contributed by atoms with E-state index in [-0.39, 0.29) is 16.3 Å². The van der Waals surface area contributed by atoms with Crippen molar-refractivity contribution in [1.82, 2.24) is 0 Å². The van der Waals surface area contributed by atoms with Crippen LogP contribution in [0.1, 0.15) is 17.3 Å². The van der Waals surface area contributed by atoms with E-state index in [9.17, 15) is 9.59 Å². The Hall–Kier alpha value is -1.55. The van der Waals surface area contributed by atoms with Gasteiger partial charge in [-0.15, -0.1) is 0 Å². The average Bonchev–Trinajstić information content (AvgIpc) is 2.20. The Labute approximate surface area is 91.7 Å². The van der Waals surface area contributed by atoms with Crippen molar-refractivity contribution in [3.8, 4) is 11.5 Å².